The summed E-state index contributed by atoms with van der Waals surface area (Å²) in [5, 5.41) is 8.16. The van der Waals surface area contributed by atoms with Crippen LogP contribution in [0.3, 0.4) is 0 Å². The molecule has 108 valence electrons. The van der Waals surface area contributed by atoms with Gasteiger partial charge in [0.1, 0.15) is 0 Å². The number of hydrogen-bond donors (Lipinski definition) is 1. The molecule has 0 saturated heterocycles. The summed E-state index contributed by atoms with van der Waals surface area (Å²) >= 11 is 1.67. The van der Waals surface area contributed by atoms with Crippen molar-refractivity contribution >= 4 is 17.2 Å². The van der Waals surface area contributed by atoms with Gasteiger partial charge < -0.3 is 5.32 Å². The number of nitrogens with zero attached hydrogens (tertiary/aromatic N) is 3. The van der Waals surface area contributed by atoms with E-state index in [2.05, 4.69) is 15.4 Å². The van der Waals surface area contributed by atoms with Gasteiger partial charge in [-0.05, 0) is 33.3 Å². The topological polar surface area (TPSA) is 59.8 Å². The summed E-state index contributed by atoms with van der Waals surface area (Å²) in [6.07, 6.45) is 4.94. The number of amides is 1. The summed E-state index contributed by atoms with van der Waals surface area (Å²) in [6.45, 7) is 6.77. The Morgan fingerprint density at radius 2 is 2.30 bits per heavy atom. The van der Waals surface area contributed by atoms with E-state index >= 15 is 0 Å². The Bertz CT molecular complexity index is 562. The molecule has 1 N–H and O–H groups in total. The maximum Gasteiger partial charge on any atom is 0.220 e. The van der Waals surface area contributed by atoms with E-state index in [0.717, 1.165) is 23.7 Å². The van der Waals surface area contributed by atoms with E-state index in [0.29, 0.717) is 6.42 Å². The number of thiazole rings is 1. The third-order valence-corrected chi connectivity index (χ3v) is 3.98. The molecule has 20 heavy (non-hydrogen) atoms. The highest BCUT2D eigenvalue weighted by Gasteiger charge is 2.15. The average molecular weight is 292 g/mol. The van der Waals surface area contributed by atoms with Gasteiger partial charge >= 0.3 is 0 Å². The van der Waals surface area contributed by atoms with Crippen LogP contribution in [-0.4, -0.2) is 20.7 Å². The van der Waals surface area contributed by atoms with E-state index in [1.54, 1.807) is 17.5 Å². The molecule has 0 saturated carbocycles. The van der Waals surface area contributed by atoms with Gasteiger partial charge in [0.05, 0.1) is 16.7 Å². The van der Waals surface area contributed by atoms with Crippen molar-refractivity contribution < 1.29 is 4.79 Å². The Labute approximate surface area is 123 Å². The summed E-state index contributed by atoms with van der Waals surface area (Å²) in [5.41, 5.74) is 0.980. The lowest BCUT2D eigenvalue weighted by Gasteiger charge is -2.12. The van der Waals surface area contributed by atoms with Crippen molar-refractivity contribution in [3.05, 3.63) is 34.0 Å². The quantitative estimate of drug-likeness (QED) is 0.890. The van der Waals surface area contributed by atoms with Crippen molar-refractivity contribution in [2.75, 3.05) is 0 Å². The molecule has 0 aliphatic heterocycles. The molecular weight excluding hydrogens is 272 g/mol. The fourth-order valence-electron chi connectivity index (χ4n) is 2.16. The van der Waals surface area contributed by atoms with Crippen LogP contribution >= 0.6 is 11.3 Å². The van der Waals surface area contributed by atoms with Gasteiger partial charge in [-0.1, -0.05) is 0 Å². The van der Waals surface area contributed by atoms with Crippen LogP contribution < -0.4 is 5.32 Å². The van der Waals surface area contributed by atoms with Gasteiger partial charge in [-0.3, -0.25) is 9.48 Å². The number of hydrogen-bond acceptors (Lipinski definition) is 4. The SMILES string of the molecule is Cc1nc(C(C)NC(=O)CCCn2cccn2)c(C)s1. The molecule has 2 heterocycles. The maximum absolute atomic E-state index is 11.9. The molecule has 2 aromatic rings. The summed E-state index contributed by atoms with van der Waals surface area (Å²) in [6, 6.07) is 1.85. The first-order valence-electron chi connectivity index (χ1n) is 6.77. The van der Waals surface area contributed by atoms with Crippen LogP contribution in [0.25, 0.3) is 0 Å². The van der Waals surface area contributed by atoms with Gasteiger partial charge in [0.25, 0.3) is 0 Å². The second-order valence-corrected chi connectivity index (χ2v) is 6.24. The summed E-state index contributed by atoms with van der Waals surface area (Å²) < 4.78 is 1.84. The second-order valence-electron chi connectivity index (χ2n) is 4.84. The van der Waals surface area contributed by atoms with Crippen LogP contribution in [-0.2, 0) is 11.3 Å². The average Bonchev–Trinajstić information content (AvgIpc) is 2.99. The second kappa shape index (κ2) is 6.65. The van der Waals surface area contributed by atoms with Crippen LogP contribution in [0.4, 0.5) is 0 Å². The molecule has 0 spiro atoms. The zero-order chi connectivity index (χ0) is 14.5. The van der Waals surface area contributed by atoms with Crippen LogP contribution in [0.15, 0.2) is 18.5 Å². The van der Waals surface area contributed by atoms with Crippen molar-refractivity contribution in [2.45, 2.75) is 46.2 Å². The first-order chi connectivity index (χ1) is 9.56. The minimum Gasteiger partial charge on any atom is -0.348 e. The number of rotatable bonds is 6. The van der Waals surface area contributed by atoms with Gasteiger partial charge in [0, 0.05) is 30.2 Å². The van der Waals surface area contributed by atoms with E-state index in [9.17, 15) is 4.79 Å². The largest absolute Gasteiger partial charge is 0.348 e. The predicted molar refractivity (Wildman–Crippen MR) is 79.6 cm³/mol. The highest BCUT2D eigenvalue weighted by Crippen LogP contribution is 2.22. The van der Waals surface area contributed by atoms with Crippen LogP contribution in [0.5, 0.6) is 0 Å². The summed E-state index contributed by atoms with van der Waals surface area (Å²) in [5.74, 6) is 0.0645. The van der Waals surface area contributed by atoms with Crippen molar-refractivity contribution in [3.8, 4) is 0 Å². The number of carbonyl (C=O) groups is 1. The predicted octanol–water partition coefficient (Wildman–Crippen LogP) is 2.61. The van der Waals surface area contributed by atoms with Crippen LogP contribution in [0.1, 0.15) is 41.4 Å². The minimum absolute atomic E-state index is 0.0304. The lowest BCUT2D eigenvalue weighted by Crippen LogP contribution is -2.27. The highest BCUT2D eigenvalue weighted by atomic mass is 32.1. The fourth-order valence-corrected chi connectivity index (χ4v) is 3.08. The van der Waals surface area contributed by atoms with E-state index in [-0.39, 0.29) is 11.9 Å². The molecule has 5 nitrogen and oxygen atoms in total. The van der Waals surface area contributed by atoms with E-state index in [1.807, 2.05) is 37.7 Å². The molecule has 1 atom stereocenters. The highest BCUT2D eigenvalue weighted by molar-refractivity contribution is 7.11. The van der Waals surface area contributed by atoms with Gasteiger partial charge in [-0.25, -0.2) is 4.98 Å². The molecule has 0 aliphatic rings. The van der Waals surface area contributed by atoms with Crippen molar-refractivity contribution in [1.29, 1.82) is 0 Å². The zero-order valence-corrected chi connectivity index (χ0v) is 12.9. The number of aromatic nitrogens is 3. The fraction of sp³-hybridized carbons (Fsp3) is 0.500. The van der Waals surface area contributed by atoms with Crippen molar-refractivity contribution in [1.82, 2.24) is 20.1 Å². The van der Waals surface area contributed by atoms with Crippen LogP contribution in [0, 0.1) is 13.8 Å². The molecule has 6 heteroatoms. The number of carbonyl (C=O) groups excluding carboxylic acids is 1. The molecule has 0 radical (unpaired) electrons. The van der Waals surface area contributed by atoms with Gasteiger partial charge in [0.15, 0.2) is 0 Å². The Kier molecular flexibility index (Phi) is 4.89. The number of aryl methyl sites for hydroxylation is 3. The molecular formula is C14H20N4OS. The summed E-state index contributed by atoms with van der Waals surface area (Å²) in [4.78, 5) is 17.6. The van der Waals surface area contributed by atoms with E-state index in [1.165, 1.54) is 4.88 Å². The summed E-state index contributed by atoms with van der Waals surface area (Å²) in [7, 11) is 0. The Balaban J connectivity index is 1.77. The molecule has 0 fully saturated rings. The maximum atomic E-state index is 11.9. The smallest absolute Gasteiger partial charge is 0.220 e. The Hall–Kier alpha value is -1.69. The monoisotopic (exact) mass is 292 g/mol. The standard InChI is InChI=1S/C14H20N4OS/c1-10(14-11(2)20-12(3)17-14)16-13(19)6-4-8-18-9-5-7-15-18/h5,7,9-10H,4,6,8H2,1-3H3,(H,16,19). The third-order valence-electron chi connectivity index (χ3n) is 3.08. The van der Waals surface area contributed by atoms with Crippen molar-refractivity contribution in [2.24, 2.45) is 0 Å². The molecule has 0 aromatic carbocycles. The molecule has 1 amide bonds. The normalized spacial score (nSPS) is 12.3. The third kappa shape index (κ3) is 3.90. The van der Waals surface area contributed by atoms with Crippen LogP contribution in [0.2, 0.25) is 0 Å². The van der Waals surface area contributed by atoms with E-state index < -0.39 is 0 Å². The first-order valence-corrected chi connectivity index (χ1v) is 7.58. The lowest BCUT2D eigenvalue weighted by molar-refractivity contribution is -0.121. The molecule has 0 aliphatic carbocycles. The van der Waals surface area contributed by atoms with Crippen molar-refractivity contribution in [3.63, 3.8) is 0 Å². The molecule has 2 aromatic heterocycles. The molecule has 1 unspecified atom stereocenters. The minimum atomic E-state index is -0.0304. The Morgan fingerprint density at radius 3 is 2.90 bits per heavy atom. The number of nitrogens with one attached hydrogen (secondary N) is 1. The van der Waals surface area contributed by atoms with Gasteiger partial charge in [-0.2, -0.15) is 5.10 Å². The zero-order valence-electron chi connectivity index (χ0n) is 12.1. The lowest BCUT2D eigenvalue weighted by atomic mass is 10.2. The van der Waals surface area contributed by atoms with E-state index in [4.69, 9.17) is 0 Å². The first kappa shape index (κ1) is 14.7. The van der Waals surface area contributed by atoms with Gasteiger partial charge in [0.2, 0.25) is 5.91 Å². The van der Waals surface area contributed by atoms with Gasteiger partial charge in [-0.15, -0.1) is 11.3 Å². The molecule has 2 rings (SSSR count). The molecule has 0 bridgehead atoms. The Morgan fingerprint density at radius 1 is 1.50 bits per heavy atom.